The molecule has 2 aromatic rings. The number of hydrogen-bond acceptors (Lipinski definition) is 4. The monoisotopic (exact) mass is 440 g/mol. The van der Waals surface area contributed by atoms with Crippen LogP contribution in [0.15, 0.2) is 40.9 Å². The third kappa shape index (κ3) is 3.83. The molecule has 1 aromatic heterocycles. The largest absolute Gasteiger partial charge is 0.361 e. The number of nitrogens with one attached hydrogen (secondary N) is 2. The van der Waals surface area contributed by atoms with E-state index in [1.54, 1.807) is 6.08 Å². The van der Waals surface area contributed by atoms with Crippen molar-refractivity contribution in [1.82, 2.24) is 14.6 Å². The molecule has 2 fully saturated rings. The lowest BCUT2D eigenvalue weighted by Crippen LogP contribution is -2.50. The highest BCUT2D eigenvalue weighted by molar-refractivity contribution is 7.92. The molecule has 7 nitrogen and oxygen atoms in total. The van der Waals surface area contributed by atoms with Crippen LogP contribution < -0.4 is 5.32 Å². The number of aromatic nitrogens is 1. The van der Waals surface area contributed by atoms with Gasteiger partial charge in [0.1, 0.15) is 11.4 Å². The van der Waals surface area contributed by atoms with Gasteiger partial charge >= 0.3 is 0 Å². The highest BCUT2D eigenvalue weighted by Gasteiger charge is 2.48. The lowest BCUT2D eigenvalue weighted by molar-refractivity contribution is -0.124. The standard InChI is InChI=1S/C23H28N4O3S/c28-22-23(26-21(25-22)18-5-2-1-3-6-18)11-14-27(15-12-23)31(29,30)16-10-17-7-4-8-20-19(17)9-13-24-20/h4,7-10,13,16,18,24H,1-3,5-6,11-12,14-15H2,(H,25,26,28). The Morgan fingerprint density at radius 3 is 2.65 bits per heavy atom. The van der Waals surface area contributed by atoms with Gasteiger partial charge < -0.3 is 10.3 Å². The number of nitrogens with zero attached hydrogens (tertiary/aromatic N) is 2. The van der Waals surface area contributed by atoms with Crippen molar-refractivity contribution in [3.8, 4) is 0 Å². The fraction of sp³-hybridized carbons (Fsp3) is 0.478. The number of benzene rings is 1. The van der Waals surface area contributed by atoms with E-state index in [-0.39, 0.29) is 5.91 Å². The summed E-state index contributed by atoms with van der Waals surface area (Å²) in [7, 11) is -3.57. The van der Waals surface area contributed by atoms with Crippen LogP contribution in [0.25, 0.3) is 17.0 Å². The van der Waals surface area contributed by atoms with Gasteiger partial charge in [-0.25, -0.2) is 8.42 Å². The normalized spacial score (nSPS) is 23.0. The first kappa shape index (κ1) is 20.5. The van der Waals surface area contributed by atoms with E-state index >= 15 is 0 Å². The third-order valence-corrected chi connectivity index (χ3v) is 8.51. The van der Waals surface area contributed by atoms with E-state index in [2.05, 4.69) is 10.3 Å². The average Bonchev–Trinajstić information content (AvgIpc) is 3.39. The lowest BCUT2D eigenvalue weighted by Gasteiger charge is -2.34. The summed E-state index contributed by atoms with van der Waals surface area (Å²) in [5.41, 5.74) is 1.03. The van der Waals surface area contributed by atoms with Crippen LogP contribution in [0.4, 0.5) is 0 Å². The van der Waals surface area contributed by atoms with Crippen LogP contribution >= 0.6 is 0 Å². The van der Waals surface area contributed by atoms with Crippen molar-refractivity contribution in [3.05, 3.63) is 41.4 Å². The predicted molar refractivity (Wildman–Crippen MR) is 122 cm³/mol. The molecule has 5 rings (SSSR count). The van der Waals surface area contributed by atoms with E-state index in [0.29, 0.717) is 31.8 Å². The minimum Gasteiger partial charge on any atom is -0.361 e. The van der Waals surface area contributed by atoms with Crippen molar-refractivity contribution in [2.75, 3.05) is 13.1 Å². The van der Waals surface area contributed by atoms with Crippen molar-refractivity contribution < 1.29 is 13.2 Å². The highest BCUT2D eigenvalue weighted by Crippen LogP contribution is 2.35. The van der Waals surface area contributed by atoms with Gasteiger partial charge in [0.15, 0.2) is 0 Å². The fourth-order valence-electron chi connectivity index (χ4n) is 5.06. The van der Waals surface area contributed by atoms with Gasteiger partial charge in [-0.1, -0.05) is 31.4 Å². The van der Waals surface area contributed by atoms with Gasteiger partial charge in [0.25, 0.3) is 5.91 Å². The van der Waals surface area contributed by atoms with Crippen molar-refractivity contribution in [1.29, 1.82) is 0 Å². The Labute approximate surface area is 182 Å². The first-order chi connectivity index (χ1) is 15.0. The number of H-pyrrole nitrogens is 1. The quantitative estimate of drug-likeness (QED) is 0.763. The Balaban J connectivity index is 1.29. The molecule has 1 aromatic carbocycles. The van der Waals surface area contributed by atoms with Crippen LogP contribution in [0.5, 0.6) is 0 Å². The molecule has 1 aliphatic carbocycles. The first-order valence-electron chi connectivity index (χ1n) is 11.1. The van der Waals surface area contributed by atoms with Crippen LogP contribution in [-0.2, 0) is 14.8 Å². The van der Waals surface area contributed by atoms with Gasteiger partial charge in [-0.3, -0.25) is 9.79 Å². The van der Waals surface area contributed by atoms with Crippen molar-refractivity contribution in [2.24, 2.45) is 10.9 Å². The summed E-state index contributed by atoms with van der Waals surface area (Å²) in [5.74, 6) is 1.12. The number of piperidine rings is 1. The van der Waals surface area contributed by atoms with Gasteiger partial charge in [0, 0.05) is 41.5 Å². The fourth-order valence-corrected chi connectivity index (χ4v) is 6.24. The summed E-state index contributed by atoms with van der Waals surface area (Å²) in [6, 6.07) is 7.70. The number of amidine groups is 1. The number of rotatable bonds is 4. The van der Waals surface area contributed by atoms with E-state index in [9.17, 15) is 13.2 Å². The summed E-state index contributed by atoms with van der Waals surface area (Å²) < 4.78 is 27.3. The Morgan fingerprint density at radius 2 is 1.87 bits per heavy atom. The molecule has 0 bridgehead atoms. The van der Waals surface area contributed by atoms with Crippen LogP contribution in [0, 0.1) is 5.92 Å². The van der Waals surface area contributed by atoms with E-state index in [4.69, 9.17) is 4.99 Å². The minimum absolute atomic E-state index is 0.0557. The number of carbonyl (C=O) groups is 1. The van der Waals surface area contributed by atoms with Gasteiger partial charge in [0.05, 0.1) is 0 Å². The van der Waals surface area contributed by atoms with Gasteiger partial charge in [-0.15, -0.1) is 0 Å². The predicted octanol–water partition coefficient (Wildman–Crippen LogP) is 3.41. The molecule has 0 radical (unpaired) electrons. The molecule has 3 aliphatic rings. The molecule has 0 atom stereocenters. The maximum atomic E-state index is 12.9. The highest BCUT2D eigenvalue weighted by atomic mass is 32.2. The Bertz CT molecular complexity index is 1150. The number of carbonyl (C=O) groups excluding carboxylic acids is 1. The van der Waals surface area contributed by atoms with E-state index < -0.39 is 15.6 Å². The molecule has 2 aliphatic heterocycles. The molecule has 3 heterocycles. The molecule has 164 valence electrons. The number of aliphatic imine (C=N–C) groups is 1. The minimum atomic E-state index is -3.57. The van der Waals surface area contributed by atoms with Gasteiger partial charge in [-0.2, -0.15) is 4.31 Å². The number of sulfonamides is 1. The average molecular weight is 441 g/mol. The Hall–Kier alpha value is -2.45. The molecule has 0 unspecified atom stereocenters. The van der Waals surface area contributed by atoms with E-state index in [1.165, 1.54) is 29.0 Å². The molecule has 1 saturated carbocycles. The molecular formula is C23H28N4O3S. The van der Waals surface area contributed by atoms with Gasteiger partial charge in [-0.05, 0) is 49.5 Å². The summed E-state index contributed by atoms with van der Waals surface area (Å²) in [6.45, 7) is 0.603. The van der Waals surface area contributed by atoms with Crippen LogP contribution in [-0.4, -0.2) is 48.1 Å². The number of amides is 1. The van der Waals surface area contributed by atoms with Crippen molar-refractivity contribution in [3.63, 3.8) is 0 Å². The van der Waals surface area contributed by atoms with Crippen LogP contribution in [0.1, 0.15) is 50.5 Å². The Kier molecular flexibility index (Phi) is 5.22. The lowest BCUT2D eigenvalue weighted by atomic mass is 9.88. The molecule has 1 amide bonds. The van der Waals surface area contributed by atoms with Crippen LogP contribution in [0.3, 0.4) is 0 Å². The molecule has 1 saturated heterocycles. The first-order valence-corrected chi connectivity index (χ1v) is 12.6. The molecular weight excluding hydrogens is 412 g/mol. The summed E-state index contributed by atoms with van der Waals surface area (Å²) in [4.78, 5) is 20.7. The maximum Gasteiger partial charge on any atom is 0.253 e. The summed E-state index contributed by atoms with van der Waals surface area (Å²) in [6.07, 6.45) is 10.1. The molecule has 1 spiro atoms. The third-order valence-electron chi connectivity index (χ3n) is 6.95. The van der Waals surface area contributed by atoms with E-state index in [1.807, 2.05) is 30.5 Å². The smallest absolute Gasteiger partial charge is 0.253 e. The Morgan fingerprint density at radius 1 is 1.10 bits per heavy atom. The second-order valence-electron chi connectivity index (χ2n) is 8.85. The number of fused-ring (bicyclic) bond motifs is 1. The maximum absolute atomic E-state index is 12.9. The van der Waals surface area contributed by atoms with Crippen molar-refractivity contribution in [2.45, 2.75) is 50.5 Å². The summed E-state index contributed by atoms with van der Waals surface area (Å²) in [5, 5.41) is 5.29. The summed E-state index contributed by atoms with van der Waals surface area (Å²) >= 11 is 0. The second-order valence-corrected chi connectivity index (χ2v) is 10.7. The second kappa shape index (κ2) is 7.91. The van der Waals surface area contributed by atoms with E-state index in [0.717, 1.165) is 35.1 Å². The zero-order valence-electron chi connectivity index (χ0n) is 17.5. The molecule has 8 heteroatoms. The zero-order chi connectivity index (χ0) is 21.5. The number of aromatic amines is 1. The zero-order valence-corrected chi connectivity index (χ0v) is 18.3. The SMILES string of the molecule is O=C1NC(C2CCCCC2)=NC12CCN(S(=O)(=O)C=Cc1cccc3[nH]ccc13)CC2. The molecule has 31 heavy (non-hydrogen) atoms. The topological polar surface area (TPSA) is 94.6 Å². The van der Waals surface area contributed by atoms with Crippen LogP contribution in [0.2, 0.25) is 0 Å². The molecule has 2 N–H and O–H groups in total. The van der Waals surface area contributed by atoms with Gasteiger partial charge in [0.2, 0.25) is 10.0 Å². The van der Waals surface area contributed by atoms with Crippen molar-refractivity contribution >= 4 is 38.7 Å². The number of hydrogen-bond donors (Lipinski definition) is 2.